The third-order valence-corrected chi connectivity index (χ3v) is 1.17. The SMILES string of the molecule is [2H]C([2H])(c1ccccc1)C(C)N. The maximum Gasteiger partial charge on any atom is 0.0332 e. The Kier molecular flexibility index (Phi) is 1.66. The van der Waals surface area contributed by atoms with Crippen LogP contribution in [0.2, 0.25) is 0 Å². The molecular weight excluding hydrogens is 122 g/mol. The van der Waals surface area contributed by atoms with Gasteiger partial charge in [0.05, 0.1) is 0 Å². The normalized spacial score (nSPS) is 17.4. The molecule has 0 aromatic heterocycles. The van der Waals surface area contributed by atoms with Gasteiger partial charge < -0.3 is 5.73 Å². The van der Waals surface area contributed by atoms with Crippen molar-refractivity contribution in [2.45, 2.75) is 19.3 Å². The molecule has 1 heteroatoms. The van der Waals surface area contributed by atoms with E-state index in [9.17, 15) is 0 Å². The molecule has 0 bridgehead atoms. The quantitative estimate of drug-likeness (QED) is 0.658. The summed E-state index contributed by atoms with van der Waals surface area (Å²) in [4.78, 5) is 0. The highest BCUT2D eigenvalue weighted by molar-refractivity contribution is 5.15. The fraction of sp³-hybridized carbons (Fsp3) is 0.333. The average molecular weight is 137 g/mol. The van der Waals surface area contributed by atoms with Gasteiger partial charge in [-0.2, -0.15) is 0 Å². The van der Waals surface area contributed by atoms with Crippen LogP contribution in [-0.2, 0) is 6.37 Å². The van der Waals surface area contributed by atoms with Crippen LogP contribution in [0.1, 0.15) is 15.2 Å². The summed E-state index contributed by atoms with van der Waals surface area (Å²) >= 11 is 0. The lowest BCUT2D eigenvalue weighted by molar-refractivity contribution is 0.738. The maximum absolute atomic E-state index is 7.66. The van der Waals surface area contributed by atoms with E-state index in [-0.39, 0.29) is 0 Å². The van der Waals surface area contributed by atoms with Gasteiger partial charge in [-0.05, 0) is 18.9 Å². The van der Waals surface area contributed by atoms with E-state index in [0.29, 0.717) is 5.56 Å². The molecule has 1 nitrogen and oxygen atoms in total. The summed E-state index contributed by atoms with van der Waals surface area (Å²) in [5.41, 5.74) is 6.17. The Labute approximate surface area is 64.7 Å². The summed E-state index contributed by atoms with van der Waals surface area (Å²) in [7, 11) is 0. The van der Waals surface area contributed by atoms with Gasteiger partial charge in [0.1, 0.15) is 0 Å². The molecule has 1 unspecified atom stereocenters. The van der Waals surface area contributed by atoms with Gasteiger partial charge in [0.15, 0.2) is 0 Å². The van der Waals surface area contributed by atoms with Crippen LogP contribution in [0.5, 0.6) is 0 Å². The Morgan fingerprint density at radius 1 is 1.50 bits per heavy atom. The zero-order valence-corrected chi connectivity index (χ0v) is 6.04. The number of hydrogen-bond donors (Lipinski definition) is 1. The van der Waals surface area contributed by atoms with Gasteiger partial charge in [-0.1, -0.05) is 30.3 Å². The minimum Gasteiger partial charge on any atom is -0.328 e. The van der Waals surface area contributed by atoms with Gasteiger partial charge >= 0.3 is 0 Å². The van der Waals surface area contributed by atoms with Gasteiger partial charge in [0.25, 0.3) is 0 Å². The topological polar surface area (TPSA) is 26.0 Å². The first-order valence-electron chi connectivity index (χ1n) is 4.36. The Bertz CT molecular complexity index is 244. The number of hydrogen-bond acceptors (Lipinski definition) is 1. The molecule has 2 N–H and O–H groups in total. The standard InChI is InChI=1S/C9H13N/c1-8(10)7-9-5-3-2-4-6-9/h2-6,8H,7,10H2,1H3/i7D2. The van der Waals surface area contributed by atoms with Crippen LogP contribution in [0.4, 0.5) is 0 Å². The molecule has 0 aliphatic heterocycles. The third kappa shape index (κ3) is 2.19. The molecule has 10 heavy (non-hydrogen) atoms. The van der Waals surface area contributed by atoms with Gasteiger partial charge in [-0.15, -0.1) is 0 Å². The van der Waals surface area contributed by atoms with Crippen LogP contribution in [-0.4, -0.2) is 6.04 Å². The highest BCUT2D eigenvalue weighted by Crippen LogP contribution is 2.00. The van der Waals surface area contributed by atoms with Crippen molar-refractivity contribution >= 4 is 0 Å². The molecule has 1 aromatic rings. The van der Waals surface area contributed by atoms with E-state index in [1.54, 1.807) is 19.1 Å². The van der Waals surface area contributed by atoms with Gasteiger partial charge in [-0.25, -0.2) is 0 Å². The molecule has 0 amide bonds. The zero-order chi connectivity index (χ0) is 9.19. The molecule has 0 aliphatic rings. The summed E-state index contributed by atoms with van der Waals surface area (Å²) in [6, 6.07) is 8.51. The lowest BCUT2D eigenvalue weighted by atomic mass is 10.1. The summed E-state index contributed by atoms with van der Waals surface area (Å²) in [5, 5.41) is 0. The monoisotopic (exact) mass is 137 g/mol. The van der Waals surface area contributed by atoms with Gasteiger partial charge in [-0.3, -0.25) is 0 Å². The predicted octanol–water partition coefficient (Wildman–Crippen LogP) is 1.58. The molecule has 1 atom stereocenters. The van der Waals surface area contributed by atoms with E-state index in [1.807, 2.05) is 18.2 Å². The lowest BCUT2D eigenvalue weighted by Gasteiger charge is -2.02. The van der Waals surface area contributed by atoms with Crippen molar-refractivity contribution in [3.05, 3.63) is 35.9 Å². The van der Waals surface area contributed by atoms with Crippen molar-refractivity contribution in [1.29, 1.82) is 0 Å². The van der Waals surface area contributed by atoms with Crippen LogP contribution in [0.25, 0.3) is 0 Å². The number of benzene rings is 1. The fourth-order valence-corrected chi connectivity index (χ4v) is 0.797. The van der Waals surface area contributed by atoms with Crippen molar-refractivity contribution < 1.29 is 2.74 Å². The van der Waals surface area contributed by atoms with E-state index in [2.05, 4.69) is 0 Å². The molecule has 0 fully saturated rings. The molecule has 0 heterocycles. The molecule has 0 aliphatic carbocycles. The molecule has 0 spiro atoms. The smallest absolute Gasteiger partial charge is 0.0332 e. The Morgan fingerprint density at radius 3 is 2.60 bits per heavy atom. The fourth-order valence-electron chi connectivity index (χ4n) is 0.797. The van der Waals surface area contributed by atoms with Crippen molar-refractivity contribution in [3.63, 3.8) is 0 Å². The molecular formula is C9H13N. The second-order valence-corrected chi connectivity index (χ2v) is 2.30. The van der Waals surface area contributed by atoms with E-state index >= 15 is 0 Å². The van der Waals surface area contributed by atoms with Crippen molar-refractivity contribution in [2.75, 3.05) is 0 Å². The van der Waals surface area contributed by atoms with Crippen LogP contribution < -0.4 is 5.73 Å². The predicted molar refractivity (Wildman–Crippen MR) is 43.8 cm³/mol. The van der Waals surface area contributed by atoms with Crippen molar-refractivity contribution in [3.8, 4) is 0 Å². The summed E-state index contributed by atoms with van der Waals surface area (Å²) < 4.78 is 15.3. The van der Waals surface area contributed by atoms with Crippen molar-refractivity contribution in [2.24, 2.45) is 5.73 Å². The molecule has 1 rings (SSSR count). The van der Waals surface area contributed by atoms with E-state index in [1.165, 1.54) is 0 Å². The zero-order valence-electron chi connectivity index (χ0n) is 8.04. The first kappa shape index (κ1) is 4.91. The highest BCUT2D eigenvalue weighted by Gasteiger charge is 1.94. The summed E-state index contributed by atoms with van der Waals surface area (Å²) in [6.45, 7) is 1.67. The molecule has 0 radical (unpaired) electrons. The minimum atomic E-state index is -1.43. The number of rotatable bonds is 2. The largest absolute Gasteiger partial charge is 0.328 e. The highest BCUT2D eigenvalue weighted by atomic mass is 14.6. The molecule has 1 aromatic carbocycles. The second kappa shape index (κ2) is 3.37. The first-order chi connectivity index (χ1) is 5.55. The number of nitrogens with two attached hydrogens (primary N) is 1. The molecule has 54 valence electrons. The van der Waals surface area contributed by atoms with E-state index < -0.39 is 12.4 Å². The summed E-state index contributed by atoms with van der Waals surface area (Å²) in [5.74, 6) is 0. The van der Waals surface area contributed by atoms with Gasteiger partial charge in [0.2, 0.25) is 0 Å². The Morgan fingerprint density at radius 2 is 2.10 bits per heavy atom. The summed E-state index contributed by atoms with van der Waals surface area (Å²) in [6.07, 6.45) is -1.43. The van der Waals surface area contributed by atoms with E-state index in [0.717, 1.165) is 0 Å². The minimum absolute atomic E-state index is 0.486. The maximum atomic E-state index is 7.66. The Hall–Kier alpha value is -0.820. The van der Waals surface area contributed by atoms with Crippen LogP contribution in [0, 0.1) is 0 Å². The lowest BCUT2D eigenvalue weighted by Crippen LogP contribution is -2.17. The molecule has 0 saturated heterocycles. The van der Waals surface area contributed by atoms with E-state index in [4.69, 9.17) is 8.48 Å². The van der Waals surface area contributed by atoms with Crippen LogP contribution in [0.3, 0.4) is 0 Å². The first-order valence-corrected chi connectivity index (χ1v) is 3.36. The van der Waals surface area contributed by atoms with Crippen molar-refractivity contribution in [1.82, 2.24) is 0 Å². The molecule has 0 saturated carbocycles. The average Bonchev–Trinajstić information content (AvgIpc) is 2.06. The third-order valence-electron chi connectivity index (χ3n) is 1.17. The van der Waals surface area contributed by atoms with Crippen LogP contribution >= 0.6 is 0 Å². The Balaban J connectivity index is 2.98. The second-order valence-electron chi connectivity index (χ2n) is 2.30. The van der Waals surface area contributed by atoms with Gasteiger partial charge in [0, 0.05) is 8.78 Å². The van der Waals surface area contributed by atoms with Crippen LogP contribution in [0.15, 0.2) is 30.3 Å².